The molecule has 1 N–H and O–H groups in total. The maximum Gasteiger partial charge on any atom is 0.423 e. The number of hydrogen-bond donors (Lipinski definition) is 1. The van der Waals surface area contributed by atoms with E-state index in [0.29, 0.717) is 0 Å². The molecule has 1 amide bonds. The largest absolute Gasteiger partial charge is 0.443 e. The summed E-state index contributed by atoms with van der Waals surface area (Å²) in [5.41, 5.74) is 2.28. The summed E-state index contributed by atoms with van der Waals surface area (Å²) < 4.78 is 6.98. The summed E-state index contributed by atoms with van der Waals surface area (Å²) in [6.45, 7) is 6.46. The number of nitrogens with one attached hydrogen (secondary N) is 1. The normalized spacial score (nSPS) is 19.1. The molecular formula is C9H18N2O2S. The van der Waals surface area contributed by atoms with Crippen LogP contribution in [0.25, 0.3) is 0 Å². The summed E-state index contributed by atoms with van der Waals surface area (Å²) in [5, 5.41) is 0. The average molecular weight is 218 g/mol. The van der Waals surface area contributed by atoms with Crippen LogP contribution in [0.1, 0.15) is 33.6 Å². The molecule has 0 aliphatic carbocycles. The van der Waals surface area contributed by atoms with E-state index >= 15 is 0 Å². The monoisotopic (exact) mass is 218 g/mol. The van der Waals surface area contributed by atoms with Gasteiger partial charge in [0.05, 0.1) is 0 Å². The van der Waals surface area contributed by atoms with Gasteiger partial charge in [-0.15, -0.1) is 0 Å². The summed E-state index contributed by atoms with van der Waals surface area (Å²) in [7, 11) is 0. The molecule has 0 bridgehead atoms. The second kappa shape index (κ2) is 4.89. The van der Waals surface area contributed by atoms with E-state index in [9.17, 15) is 4.79 Å². The number of amides is 1. The fourth-order valence-corrected chi connectivity index (χ4v) is 2.04. The van der Waals surface area contributed by atoms with E-state index in [1.165, 1.54) is 6.42 Å². The van der Waals surface area contributed by atoms with Gasteiger partial charge in [-0.2, -0.15) is 4.41 Å². The fourth-order valence-electron chi connectivity index (χ4n) is 1.09. The zero-order valence-electron chi connectivity index (χ0n) is 9.00. The van der Waals surface area contributed by atoms with Crippen LogP contribution >= 0.6 is 11.9 Å². The lowest BCUT2D eigenvalue weighted by Crippen LogP contribution is -2.42. The van der Waals surface area contributed by atoms with Gasteiger partial charge >= 0.3 is 6.09 Å². The van der Waals surface area contributed by atoms with Gasteiger partial charge in [-0.3, -0.25) is 0 Å². The van der Waals surface area contributed by atoms with Gasteiger partial charge in [-0.1, -0.05) is 11.9 Å². The number of nitrogens with zero attached hydrogens (tertiary/aromatic N) is 1. The van der Waals surface area contributed by atoms with E-state index in [4.69, 9.17) is 4.74 Å². The molecule has 0 aromatic carbocycles. The van der Waals surface area contributed by atoms with Crippen LogP contribution in [-0.4, -0.2) is 28.4 Å². The predicted molar refractivity (Wildman–Crippen MR) is 57.8 cm³/mol. The molecule has 0 saturated carbocycles. The first-order chi connectivity index (χ1) is 6.47. The molecule has 82 valence electrons. The first-order valence-electron chi connectivity index (χ1n) is 4.87. The number of carbonyl (C=O) groups excluding carboxylic acids is 1. The van der Waals surface area contributed by atoms with E-state index in [2.05, 4.69) is 5.43 Å². The molecule has 1 saturated heterocycles. The predicted octanol–water partition coefficient (Wildman–Crippen LogP) is 2.17. The van der Waals surface area contributed by atoms with Crippen molar-refractivity contribution in [2.24, 2.45) is 0 Å². The second-order valence-corrected chi connectivity index (χ2v) is 5.36. The smallest absolute Gasteiger partial charge is 0.423 e. The average Bonchev–Trinajstić information content (AvgIpc) is 2.02. The molecule has 1 rings (SSSR count). The van der Waals surface area contributed by atoms with Crippen molar-refractivity contribution in [3.8, 4) is 0 Å². The minimum absolute atomic E-state index is 0.369. The molecule has 1 fully saturated rings. The molecule has 0 spiro atoms. The van der Waals surface area contributed by atoms with E-state index < -0.39 is 5.60 Å². The Kier molecular flexibility index (Phi) is 4.07. The molecule has 0 atom stereocenters. The Balaban J connectivity index is 2.25. The Morgan fingerprint density at radius 3 is 2.64 bits per heavy atom. The van der Waals surface area contributed by atoms with Crippen LogP contribution in [0.2, 0.25) is 0 Å². The molecule has 14 heavy (non-hydrogen) atoms. The molecule has 0 aromatic rings. The summed E-state index contributed by atoms with van der Waals surface area (Å²) in [6, 6.07) is 0. The maximum atomic E-state index is 11.3. The van der Waals surface area contributed by atoms with Crippen molar-refractivity contribution in [2.45, 2.75) is 39.2 Å². The Morgan fingerprint density at radius 2 is 2.14 bits per heavy atom. The molecule has 1 heterocycles. The molecule has 4 nitrogen and oxygen atoms in total. The number of hydrazine groups is 1. The van der Waals surface area contributed by atoms with Crippen molar-refractivity contribution < 1.29 is 9.53 Å². The van der Waals surface area contributed by atoms with Crippen molar-refractivity contribution in [1.82, 2.24) is 9.84 Å². The molecule has 1 aliphatic rings. The number of hydrogen-bond acceptors (Lipinski definition) is 4. The third kappa shape index (κ3) is 4.72. The van der Waals surface area contributed by atoms with Gasteiger partial charge in [0.2, 0.25) is 0 Å². The van der Waals surface area contributed by atoms with Gasteiger partial charge in [0, 0.05) is 12.3 Å². The molecule has 1 aliphatic heterocycles. The maximum absolute atomic E-state index is 11.3. The number of carbonyl (C=O) groups is 1. The van der Waals surface area contributed by atoms with Crippen LogP contribution in [0.15, 0.2) is 0 Å². The lowest BCUT2D eigenvalue weighted by Gasteiger charge is -2.27. The van der Waals surface area contributed by atoms with Crippen LogP contribution < -0.4 is 5.43 Å². The summed E-state index contributed by atoms with van der Waals surface area (Å²) >= 11 is 1.64. The zero-order valence-corrected chi connectivity index (χ0v) is 9.82. The van der Waals surface area contributed by atoms with Crippen LogP contribution in [-0.2, 0) is 4.74 Å². The van der Waals surface area contributed by atoms with Crippen LogP contribution in [0, 0.1) is 0 Å². The highest BCUT2D eigenvalue weighted by molar-refractivity contribution is 7.97. The lowest BCUT2D eigenvalue weighted by molar-refractivity contribution is 0.0434. The number of rotatable bonds is 1. The van der Waals surface area contributed by atoms with Crippen LogP contribution in [0.3, 0.4) is 0 Å². The standard InChI is InChI=1S/C9H18N2O2S/c1-9(2,3)13-8(12)10-11-6-4-5-7-14-11/h4-7H2,1-3H3,(H,10,12). The minimum Gasteiger partial charge on any atom is -0.443 e. The SMILES string of the molecule is CC(C)(C)OC(=O)NN1CCCCS1. The summed E-state index contributed by atoms with van der Waals surface area (Å²) in [6.07, 6.45) is 1.98. The Morgan fingerprint density at radius 1 is 1.43 bits per heavy atom. The van der Waals surface area contributed by atoms with Gasteiger partial charge in [0.1, 0.15) is 5.60 Å². The molecular weight excluding hydrogens is 200 g/mol. The van der Waals surface area contributed by atoms with Crippen molar-refractivity contribution in [3.05, 3.63) is 0 Å². The highest BCUT2D eigenvalue weighted by Gasteiger charge is 2.19. The Hall–Kier alpha value is -0.420. The van der Waals surface area contributed by atoms with Crippen molar-refractivity contribution in [2.75, 3.05) is 12.3 Å². The van der Waals surface area contributed by atoms with Gasteiger partial charge in [-0.05, 0) is 33.6 Å². The van der Waals surface area contributed by atoms with Gasteiger partial charge in [-0.25, -0.2) is 10.2 Å². The third-order valence-corrected chi connectivity index (χ3v) is 2.67. The van der Waals surface area contributed by atoms with Gasteiger partial charge in [0.25, 0.3) is 0 Å². The van der Waals surface area contributed by atoms with E-state index in [1.807, 2.05) is 25.2 Å². The lowest BCUT2D eigenvalue weighted by atomic mass is 10.2. The van der Waals surface area contributed by atoms with Crippen LogP contribution in [0.5, 0.6) is 0 Å². The number of ether oxygens (including phenoxy) is 1. The molecule has 0 unspecified atom stereocenters. The van der Waals surface area contributed by atoms with Crippen LogP contribution in [0.4, 0.5) is 4.79 Å². The zero-order chi connectivity index (χ0) is 10.6. The summed E-state index contributed by atoms with van der Waals surface area (Å²) in [5.74, 6) is 1.07. The topological polar surface area (TPSA) is 41.6 Å². The van der Waals surface area contributed by atoms with Gasteiger partial charge in [0.15, 0.2) is 0 Å². The van der Waals surface area contributed by atoms with E-state index in [1.54, 1.807) is 11.9 Å². The fraction of sp³-hybridized carbons (Fsp3) is 0.889. The van der Waals surface area contributed by atoms with E-state index in [0.717, 1.165) is 18.7 Å². The first kappa shape index (κ1) is 11.7. The minimum atomic E-state index is -0.426. The Bertz CT molecular complexity index is 197. The third-order valence-electron chi connectivity index (χ3n) is 1.62. The summed E-state index contributed by atoms with van der Waals surface area (Å²) in [4.78, 5) is 11.3. The van der Waals surface area contributed by atoms with E-state index in [-0.39, 0.29) is 6.09 Å². The highest BCUT2D eigenvalue weighted by atomic mass is 32.2. The molecule has 0 radical (unpaired) electrons. The van der Waals surface area contributed by atoms with Crippen molar-refractivity contribution >= 4 is 18.0 Å². The van der Waals surface area contributed by atoms with Gasteiger partial charge < -0.3 is 4.74 Å². The molecule has 0 aromatic heterocycles. The van der Waals surface area contributed by atoms with Crippen molar-refractivity contribution in [1.29, 1.82) is 0 Å². The second-order valence-electron chi connectivity index (χ2n) is 4.26. The highest BCUT2D eigenvalue weighted by Crippen LogP contribution is 2.17. The Labute approximate surface area is 89.5 Å². The molecule has 5 heteroatoms. The first-order valence-corrected chi connectivity index (χ1v) is 5.82. The quantitative estimate of drug-likeness (QED) is 0.685. The van der Waals surface area contributed by atoms with Crippen molar-refractivity contribution in [3.63, 3.8) is 0 Å².